The molecule has 3 rings (SSSR count). The number of hydrogen-bond acceptors (Lipinski definition) is 3. The fourth-order valence-electron chi connectivity index (χ4n) is 2.14. The summed E-state index contributed by atoms with van der Waals surface area (Å²) >= 11 is 1.66. The second-order valence-electron chi connectivity index (χ2n) is 4.38. The molecule has 0 radical (unpaired) electrons. The minimum absolute atomic E-state index is 0.611. The Morgan fingerprint density at radius 1 is 1.22 bits per heavy atom. The molecule has 0 fully saturated rings. The summed E-state index contributed by atoms with van der Waals surface area (Å²) in [4.78, 5) is 4.14. The Balaban J connectivity index is 2.12. The van der Waals surface area contributed by atoms with E-state index in [-0.39, 0.29) is 0 Å². The van der Waals surface area contributed by atoms with Crippen LogP contribution in [-0.4, -0.2) is 10.1 Å². The number of aliphatic hydroxyl groups is 1. The lowest BCUT2D eigenvalue weighted by Gasteiger charge is -2.12. The molecule has 0 aliphatic rings. The zero-order valence-electron chi connectivity index (χ0n) is 10.00. The van der Waals surface area contributed by atoms with Crippen molar-refractivity contribution in [2.45, 2.75) is 13.0 Å². The third-order valence-corrected chi connectivity index (χ3v) is 4.00. The van der Waals surface area contributed by atoms with Gasteiger partial charge in [0, 0.05) is 28.2 Å². The van der Waals surface area contributed by atoms with Crippen molar-refractivity contribution in [2.24, 2.45) is 0 Å². The van der Waals surface area contributed by atoms with Gasteiger partial charge in [-0.05, 0) is 29.3 Å². The SMILES string of the molecule is Cc1cncc(C(O)c2cccc3ccsc23)c1. The van der Waals surface area contributed by atoms with Crippen molar-refractivity contribution in [1.29, 1.82) is 0 Å². The number of aliphatic hydroxyl groups excluding tert-OH is 1. The number of aryl methyl sites for hydroxylation is 1. The summed E-state index contributed by atoms with van der Waals surface area (Å²) in [5.74, 6) is 0. The normalized spacial score (nSPS) is 12.8. The highest BCUT2D eigenvalue weighted by Crippen LogP contribution is 2.32. The van der Waals surface area contributed by atoms with E-state index in [0.29, 0.717) is 0 Å². The lowest BCUT2D eigenvalue weighted by molar-refractivity contribution is 0.221. The van der Waals surface area contributed by atoms with Crippen molar-refractivity contribution in [2.75, 3.05) is 0 Å². The maximum atomic E-state index is 10.5. The first kappa shape index (κ1) is 11.4. The molecule has 0 aliphatic heterocycles. The highest BCUT2D eigenvalue weighted by molar-refractivity contribution is 7.17. The monoisotopic (exact) mass is 255 g/mol. The number of benzene rings is 1. The van der Waals surface area contributed by atoms with Crippen LogP contribution < -0.4 is 0 Å². The van der Waals surface area contributed by atoms with E-state index in [2.05, 4.69) is 22.5 Å². The first-order chi connectivity index (χ1) is 8.75. The third-order valence-electron chi connectivity index (χ3n) is 3.02. The number of pyridine rings is 1. The van der Waals surface area contributed by atoms with Crippen molar-refractivity contribution < 1.29 is 5.11 Å². The quantitative estimate of drug-likeness (QED) is 0.757. The molecule has 0 aliphatic carbocycles. The highest BCUT2D eigenvalue weighted by Gasteiger charge is 2.14. The average Bonchev–Trinajstić information content (AvgIpc) is 2.86. The lowest BCUT2D eigenvalue weighted by atomic mass is 10.0. The zero-order valence-corrected chi connectivity index (χ0v) is 10.8. The van der Waals surface area contributed by atoms with Crippen LogP contribution in [0.3, 0.4) is 0 Å². The molecule has 0 saturated heterocycles. The lowest BCUT2D eigenvalue weighted by Crippen LogP contribution is -2.00. The molecule has 2 aromatic heterocycles. The molecule has 0 amide bonds. The van der Waals surface area contributed by atoms with E-state index in [0.717, 1.165) is 21.4 Å². The maximum absolute atomic E-state index is 10.5. The zero-order chi connectivity index (χ0) is 12.5. The average molecular weight is 255 g/mol. The van der Waals surface area contributed by atoms with Gasteiger partial charge in [0.25, 0.3) is 0 Å². The largest absolute Gasteiger partial charge is 0.384 e. The number of hydrogen-bond donors (Lipinski definition) is 1. The van der Waals surface area contributed by atoms with E-state index < -0.39 is 6.10 Å². The van der Waals surface area contributed by atoms with Crippen molar-refractivity contribution in [3.05, 3.63) is 64.8 Å². The minimum Gasteiger partial charge on any atom is -0.384 e. The summed E-state index contributed by atoms with van der Waals surface area (Å²) < 4.78 is 1.14. The number of thiophene rings is 1. The van der Waals surface area contributed by atoms with Crippen molar-refractivity contribution in [1.82, 2.24) is 4.98 Å². The molecule has 18 heavy (non-hydrogen) atoms. The van der Waals surface area contributed by atoms with Gasteiger partial charge in [-0.1, -0.05) is 24.3 Å². The van der Waals surface area contributed by atoms with Gasteiger partial charge in [-0.3, -0.25) is 4.98 Å². The van der Waals surface area contributed by atoms with Crippen LogP contribution in [0.1, 0.15) is 22.8 Å². The molecule has 90 valence electrons. The highest BCUT2D eigenvalue weighted by atomic mass is 32.1. The Kier molecular flexibility index (Phi) is 2.86. The Morgan fingerprint density at radius 2 is 2.11 bits per heavy atom. The van der Waals surface area contributed by atoms with E-state index in [1.165, 1.54) is 5.39 Å². The molecule has 1 unspecified atom stereocenters. The van der Waals surface area contributed by atoms with Gasteiger partial charge in [-0.15, -0.1) is 11.3 Å². The Hall–Kier alpha value is -1.71. The van der Waals surface area contributed by atoms with Crippen molar-refractivity contribution >= 4 is 21.4 Å². The van der Waals surface area contributed by atoms with E-state index in [4.69, 9.17) is 0 Å². The van der Waals surface area contributed by atoms with Crippen LogP contribution in [0.25, 0.3) is 10.1 Å². The number of aromatic nitrogens is 1. The molecule has 0 bridgehead atoms. The Morgan fingerprint density at radius 3 is 2.94 bits per heavy atom. The number of fused-ring (bicyclic) bond motifs is 1. The Labute approximate surface area is 110 Å². The predicted octanol–water partition coefficient (Wildman–Crippen LogP) is 3.69. The number of rotatable bonds is 2. The molecule has 3 heteroatoms. The molecule has 2 nitrogen and oxygen atoms in total. The summed E-state index contributed by atoms with van der Waals surface area (Å²) in [5.41, 5.74) is 2.86. The van der Waals surface area contributed by atoms with Gasteiger partial charge in [0.1, 0.15) is 6.10 Å². The van der Waals surface area contributed by atoms with Crippen LogP contribution in [0, 0.1) is 6.92 Å². The van der Waals surface area contributed by atoms with Crippen LogP contribution in [0.2, 0.25) is 0 Å². The second kappa shape index (κ2) is 4.52. The van der Waals surface area contributed by atoms with E-state index >= 15 is 0 Å². The molecule has 1 atom stereocenters. The van der Waals surface area contributed by atoms with Gasteiger partial charge in [0.05, 0.1) is 0 Å². The van der Waals surface area contributed by atoms with Gasteiger partial charge >= 0.3 is 0 Å². The number of nitrogens with zero attached hydrogens (tertiary/aromatic N) is 1. The summed E-state index contributed by atoms with van der Waals surface area (Å²) in [5, 5.41) is 13.7. The molecule has 1 aromatic carbocycles. The summed E-state index contributed by atoms with van der Waals surface area (Å²) in [6.45, 7) is 1.98. The van der Waals surface area contributed by atoms with Crippen molar-refractivity contribution in [3.63, 3.8) is 0 Å². The van der Waals surface area contributed by atoms with Gasteiger partial charge in [-0.2, -0.15) is 0 Å². The molecular formula is C15H13NOS. The summed E-state index contributed by atoms with van der Waals surface area (Å²) in [6, 6.07) is 10.1. The van der Waals surface area contributed by atoms with Gasteiger partial charge in [-0.25, -0.2) is 0 Å². The first-order valence-electron chi connectivity index (χ1n) is 5.81. The topological polar surface area (TPSA) is 33.1 Å². The molecular weight excluding hydrogens is 242 g/mol. The van der Waals surface area contributed by atoms with Gasteiger partial charge < -0.3 is 5.11 Å². The fourth-order valence-corrected chi connectivity index (χ4v) is 3.08. The Bertz CT molecular complexity index is 690. The van der Waals surface area contributed by atoms with Gasteiger partial charge in [0.15, 0.2) is 0 Å². The van der Waals surface area contributed by atoms with Crippen LogP contribution in [0.15, 0.2) is 48.1 Å². The first-order valence-corrected chi connectivity index (χ1v) is 6.69. The van der Waals surface area contributed by atoms with Crippen LogP contribution in [-0.2, 0) is 0 Å². The van der Waals surface area contributed by atoms with Gasteiger partial charge in [0.2, 0.25) is 0 Å². The summed E-state index contributed by atoms with van der Waals surface area (Å²) in [6.07, 6.45) is 2.91. The second-order valence-corrected chi connectivity index (χ2v) is 5.30. The molecule has 1 N–H and O–H groups in total. The van der Waals surface area contributed by atoms with Crippen molar-refractivity contribution in [3.8, 4) is 0 Å². The van der Waals surface area contributed by atoms with Crippen LogP contribution >= 0.6 is 11.3 Å². The van der Waals surface area contributed by atoms with Crippen LogP contribution in [0.4, 0.5) is 0 Å². The summed E-state index contributed by atoms with van der Waals surface area (Å²) in [7, 11) is 0. The minimum atomic E-state index is -0.611. The fraction of sp³-hybridized carbons (Fsp3) is 0.133. The van der Waals surface area contributed by atoms with Crippen LogP contribution in [0.5, 0.6) is 0 Å². The molecule has 3 aromatic rings. The van der Waals surface area contributed by atoms with E-state index in [1.807, 2.05) is 25.1 Å². The standard InChI is InChI=1S/C15H13NOS/c1-10-7-12(9-16-8-10)14(17)13-4-2-3-11-5-6-18-15(11)13/h2-9,14,17H,1H3. The molecule has 2 heterocycles. The smallest absolute Gasteiger partial charge is 0.107 e. The third kappa shape index (κ3) is 1.92. The van der Waals surface area contributed by atoms with E-state index in [9.17, 15) is 5.11 Å². The van der Waals surface area contributed by atoms with E-state index in [1.54, 1.807) is 23.7 Å². The molecule has 0 saturated carbocycles. The maximum Gasteiger partial charge on any atom is 0.107 e. The predicted molar refractivity (Wildman–Crippen MR) is 74.9 cm³/mol. The molecule has 0 spiro atoms.